The molecule has 0 spiro atoms. The van der Waals surface area contributed by atoms with Gasteiger partial charge in [-0.3, -0.25) is 4.90 Å². The average molecular weight is 373 g/mol. The van der Waals surface area contributed by atoms with Crippen LogP contribution in [-0.2, 0) is 5.41 Å². The van der Waals surface area contributed by atoms with Crippen molar-refractivity contribution in [2.45, 2.75) is 65.7 Å². The summed E-state index contributed by atoms with van der Waals surface area (Å²) in [6.45, 7) is 18.0. The fourth-order valence-electron chi connectivity index (χ4n) is 5.37. The molecule has 27 heavy (non-hydrogen) atoms. The third-order valence-electron chi connectivity index (χ3n) is 8.02. The molecule has 3 heteroatoms. The molecule has 0 radical (unpaired) electrons. The van der Waals surface area contributed by atoms with Gasteiger partial charge in [-0.25, -0.2) is 0 Å². The quantitative estimate of drug-likeness (QED) is 0.694. The Morgan fingerprint density at radius 3 is 2.44 bits per heavy atom. The molecular formula is C24H40N2O. The molecule has 1 heterocycles. The van der Waals surface area contributed by atoms with Gasteiger partial charge in [0.05, 0.1) is 7.11 Å². The van der Waals surface area contributed by atoms with E-state index in [0.717, 1.165) is 24.8 Å². The molecule has 0 N–H and O–H groups in total. The van der Waals surface area contributed by atoms with Gasteiger partial charge in [-0.15, -0.1) is 0 Å². The molecule has 2 fully saturated rings. The van der Waals surface area contributed by atoms with Gasteiger partial charge in [0.1, 0.15) is 5.75 Å². The molecule has 2 unspecified atom stereocenters. The summed E-state index contributed by atoms with van der Waals surface area (Å²) in [6, 6.07) is 6.84. The third kappa shape index (κ3) is 3.72. The largest absolute Gasteiger partial charge is 0.497 e. The lowest BCUT2D eigenvalue weighted by Crippen LogP contribution is -2.50. The summed E-state index contributed by atoms with van der Waals surface area (Å²) in [5.41, 5.74) is 3.43. The number of benzene rings is 1. The van der Waals surface area contributed by atoms with Crippen molar-refractivity contribution >= 4 is 5.69 Å². The number of rotatable bonds is 5. The second-order valence-corrected chi connectivity index (χ2v) is 9.56. The maximum absolute atomic E-state index is 5.62. The number of methoxy groups -OCH3 is 1. The summed E-state index contributed by atoms with van der Waals surface area (Å²) >= 11 is 0. The number of nitrogens with zero attached hydrogens (tertiary/aromatic N) is 2. The van der Waals surface area contributed by atoms with Crippen LogP contribution in [0.15, 0.2) is 18.2 Å². The Kier molecular flexibility index (Phi) is 6.10. The lowest BCUT2D eigenvalue weighted by molar-refractivity contribution is 0.0478. The molecule has 1 saturated heterocycles. The number of ether oxygens (including phenoxy) is 1. The number of anilines is 1. The van der Waals surface area contributed by atoms with Crippen LogP contribution in [0.3, 0.4) is 0 Å². The molecule has 0 bridgehead atoms. The van der Waals surface area contributed by atoms with E-state index in [1.165, 1.54) is 56.6 Å². The first kappa shape index (κ1) is 20.5. The maximum Gasteiger partial charge on any atom is 0.120 e. The third-order valence-corrected chi connectivity index (χ3v) is 8.02. The van der Waals surface area contributed by atoms with Gasteiger partial charge in [-0.2, -0.15) is 0 Å². The zero-order chi connectivity index (χ0) is 19.7. The molecule has 152 valence electrons. The minimum atomic E-state index is 0.201. The number of piperazine rings is 1. The highest BCUT2D eigenvalue weighted by atomic mass is 16.5. The SMILES string of the molecule is CCCN1CCN(c2cc(OC)ccc2C2(C)CCCC(C)C2(C)C)CC1. The topological polar surface area (TPSA) is 15.7 Å². The van der Waals surface area contributed by atoms with Crippen LogP contribution in [0.5, 0.6) is 5.75 Å². The van der Waals surface area contributed by atoms with Crippen molar-refractivity contribution < 1.29 is 4.74 Å². The minimum absolute atomic E-state index is 0.201. The monoisotopic (exact) mass is 372 g/mol. The highest BCUT2D eigenvalue weighted by Crippen LogP contribution is 2.56. The van der Waals surface area contributed by atoms with E-state index >= 15 is 0 Å². The summed E-state index contributed by atoms with van der Waals surface area (Å²) in [5.74, 6) is 1.72. The van der Waals surface area contributed by atoms with E-state index in [0.29, 0.717) is 5.41 Å². The zero-order valence-corrected chi connectivity index (χ0v) is 18.5. The Morgan fingerprint density at radius 2 is 1.81 bits per heavy atom. The van der Waals surface area contributed by atoms with Crippen LogP contribution in [0.4, 0.5) is 5.69 Å². The van der Waals surface area contributed by atoms with Crippen molar-refractivity contribution in [2.24, 2.45) is 11.3 Å². The molecule has 1 aliphatic heterocycles. The highest BCUT2D eigenvalue weighted by Gasteiger charge is 2.49. The zero-order valence-electron chi connectivity index (χ0n) is 18.5. The summed E-state index contributed by atoms with van der Waals surface area (Å²) in [6.07, 6.45) is 5.20. The molecule has 3 nitrogen and oxygen atoms in total. The Morgan fingerprint density at radius 1 is 1.11 bits per heavy atom. The predicted octanol–water partition coefficient (Wildman–Crippen LogP) is 5.33. The first-order chi connectivity index (χ1) is 12.8. The minimum Gasteiger partial charge on any atom is -0.497 e. The van der Waals surface area contributed by atoms with Crippen LogP contribution in [0.2, 0.25) is 0 Å². The molecule has 0 amide bonds. The second-order valence-electron chi connectivity index (χ2n) is 9.56. The molecule has 0 aromatic heterocycles. The molecule has 1 saturated carbocycles. The van der Waals surface area contributed by atoms with Gasteiger partial charge in [0.15, 0.2) is 0 Å². The molecule has 2 atom stereocenters. The normalized spacial score (nSPS) is 29.0. The Balaban J connectivity index is 1.97. The Labute approximate surface area is 167 Å². The van der Waals surface area contributed by atoms with Crippen LogP contribution < -0.4 is 9.64 Å². The van der Waals surface area contributed by atoms with Gasteiger partial charge in [-0.05, 0) is 47.8 Å². The fourth-order valence-corrected chi connectivity index (χ4v) is 5.37. The van der Waals surface area contributed by atoms with Crippen LogP contribution in [0.25, 0.3) is 0 Å². The van der Waals surface area contributed by atoms with Crippen LogP contribution >= 0.6 is 0 Å². The Hall–Kier alpha value is -1.22. The number of hydrogen-bond acceptors (Lipinski definition) is 3. The highest BCUT2D eigenvalue weighted by molar-refractivity contribution is 5.61. The lowest BCUT2D eigenvalue weighted by Gasteiger charge is -2.53. The van der Waals surface area contributed by atoms with Gasteiger partial charge < -0.3 is 9.64 Å². The summed E-state index contributed by atoms with van der Waals surface area (Å²) in [5, 5.41) is 0. The maximum atomic E-state index is 5.62. The molecule has 1 aliphatic carbocycles. The molecule has 2 aliphatic rings. The smallest absolute Gasteiger partial charge is 0.120 e. The van der Waals surface area contributed by atoms with Crippen molar-refractivity contribution in [3.8, 4) is 5.75 Å². The number of hydrogen-bond donors (Lipinski definition) is 0. The summed E-state index contributed by atoms with van der Waals surface area (Å²) < 4.78 is 5.62. The summed E-state index contributed by atoms with van der Waals surface area (Å²) in [7, 11) is 1.78. The van der Waals surface area contributed by atoms with Crippen LogP contribution in [0.1, 0.15) is 65.9 Å². The van der Waals surface area contributed by atoms with Crippen molar-refractivity contribution in [3.05, 3.63) is 23.8 Å². The van der Waals surface area contributed by atoms with Gasteiger partial charge in [0.2, 0.25) is 0 Å². The molecule has 3 rings (SSSR count). The molecule has 1 aromatic rings. The first-order valence-corrected chi connectivity index (χ1v) is 11.0. The molecular weight excluding hydrogens is 332 g/mol. The van der Waals surface area contributed by atoms with E-state index in [1.807, 2.05) is 0 Å². The second kappa shape index (κ2) is 8.03. The van der Waals surface area contributed by atoms with Gasteiger partial charge >= 0.3 is 0 Å². The van der Waals surface area contributed by atoms with Crippen molar-refractivity contribution in [2.75, 3.05) is 44.7 Å². The van der Waals surface area contributed by atoms with Crippen LogP contribution in [0, 0.1) is 11.3 Å². The standard InChI is InChI=1S/C24H40N2O/c1-7-13-25-14-16-26(17-15-25)22-18-20(27-6)10-11-21(22)24(5)12-8-9-19(2)23(24,3)4/h10-11,18-19H,7-9,12-17H2,1-6H3. The van der Waals surface area contributed by atoms with Crippen molar-refractivity contribution in [3.63, 3.8) is 0 Å². The van der Waals surface area contributed by atoms with Crippen LogP contribution in [-0.4, -0.2) is 44.7 Å². The van der Waals surface area contributed by atoms with E-state index in [2.05, 4.69) is 62.6 Å². The molecule has 1 aromatic carbocycles. The average Bonchev–Trinajstić information content (AvgIpc) is 2.67. The van der Waals surface area contributed by atoms with E-state index in [9.17, 15) is 0 Å². The van der Waals surface area contributed by atoms with E-state index in [4.69, 9.17) is 4.74 Å². The first-order valence-electron chi connectivity index (χ1n) is 11.0. The van der Waals surface area contributed by atoms with E-state index < -0.39 is 0 Å². The van der Waals surface area contributed by atoms with Gasteiger partial charge in [0.25, 0.3) is 0 Å². The Bertz CT molecular complexity index is 633. The van der Waals surface area contributed by atoms with Crippen molar-refractivity contribution in [1.29, 1.82) is 0 Å². The van der Waals surface area contributed by atoms with Gasteiger partial charge in [0, 0.05) is 37.9 Å². The fraction of sp³-hybridized carbons (Fsp3) is 0.750. The lowest BCUT2D eigenvalue weighted by atomic mass is 9.52. The van der Waals surface area contributed by atoms with E-state index in [1.54, 1.807) is 7.11 Å². The summed E-state index contributed by atoms with van der Waals surface area (Å²) in [4.78, 5) is 5.22. The van der Waals surface area contributed by atoms with Gasteiger partial charge in [-0.1, -0.05) is 53.5 Å². The van der Waals surface area contributed by atoms with Crippen molar-refractivity contribution in [1.82, 2.24) is 4.90 Å². The predicted molar refractivity (Wildman–Crippen MR) is 116 cm³/mol. The van der Waals surface area contributed by atoms with E-state index in [-0.39, 0.29) is 5.41 Å².